The standard InChI is InChI=1S/C20H17ClN2O3/c1-3-13-4-6-14(7-5-13)10-16-12(2)22-23(19(16)24)15-8-9-18(21)17(11-15)20(25)26/h4-11H,3H2,1-2H3,(H,25,26). The van der Waals surface area contributed by atoms with E-state index < -0.39 is 5.97 Å². The van der Waals surface area contributed by atoms with Gasteiger partial charge in [0, 0.05) is 0 Å². The van der Waals surface area contributed by atoms with Gasteiger partial charge in [-0.25, -0.2) is 4.79 Å². The highest BCUT2D eigenvalue weighted by molar-refractivity contribution is 6.34. The molecule has 3 rings (SSSR count). The van der Waals surface area contributed by atoms with Gasteiger partial charge in [0.15, 0.2) is 0 Å². The van der Waals surface area contributed by atoms with Crippen molar-refractivity contribution in [2.24, 2.45) is 5.10 Å². The van der Waals surface area contributed by atoms with Gasteiger partial charge in [0.25, 0.3) is 5.91 Å². The molecule has 26 heavy (non-hydrogen) atoms. The highest BCUT2D eigenvalue weighted by Gasteiger charge is 2.29. The molecule has 1 aliphatic rings. The van der Waals surface area contributed by atoms with Crippen molar-refractivity contribution in [1.29, 1.82) is 0 Å². The van der Waals surface area contributed by atoms with E-state index in [0.717, 1.165) is 12.0 Å². The van der Waals surface area contributed by atoms with Crippen molar-refractivity contribution in [2.75, 3.05) is 5.01 Å². The monoisotopic (exact) mass is 368 g/mol. The summed E-state index contributed by atoms with van der Waals surface area (Å²) >= 11 is 5.89. The molecule has 1 amide bonds. The summed E-state index contributed by atoms with van der Waals surface area (Å²) in [5.41, 5.74) is 3.46. The summed E-state index contributed by atoms with van der Waals surface area (Å²) in [6.45, 7) is 3.83. The van der Waals surface area contributed by atoms with Gasteiger partial charge in [-0.2, -0.15) is 10.1 Å². The third-order valence-corrected chi connectivity index (χ3v) is 4.52. The average Bonchev–Trinajstić information content (AvgIpc) is 2.91. The fraction of sp³-hybridized carbons (Fsp3) is 0.150. The van der Waals surface area contributed by atoms with E-state index in [1.807, 2.05) is 24.3 Å². The van der Waals surface area contributed by atoms with Gasteiger partial charge in [-0.15, -0.1) is 0 Å². The normalized spacial score (nSPS) is 15.5. The number of benzene rings is 2. The lowest BCUT2D eigenvalue weighted by Gasteiger charge is -2.13. The fourth-order valence-electron chi connectivity index (χ4n) is 2.68. The Bertz CT molecular complexity index is 946. The molecular formula is C20H17ClN2O3. The minimum absolute atomic E-state index is 0.0718. The first kappa shape index (κ1) is 17.9. The van der Waals surface area contributed by atoms with Crippen molar-refractivity contribution < 1.29 is 14.7 Å². The van der Waals surface area contributed by atoms with Crippen LogP contribution in [0, 0.1) is 0 Å². The first-order chi connectivity index (χ1) is 12.4. The van der Waals surface area contributed by atoms with Gasteiger partial charge >= 0.3 is 5.97 Å². The molecule has 0 aromatic heterocycles. The Balaban J connectivity index is 1.94. The van der Waals surface area contributed by atoms with E-state index in [1.165, 1.54) is 22.7 Å². The number of carbonyl (C=O) groups is 2. The molecule has 132 valence electrons. The first-order valence-electron chi connectivity index (χ1n) is 8.14. The van der Waals surface area contributed by atoms with Gasteiger partial charge in [-0.05, 0) is 48.7 Å². The fourth-order valence-corrected chi connectivity index (χ4v) is 2.88. The Morgan fingerprint density at radius 3 is 2.54 bits per heavy atom. The van der Waals surface area contributed by atoms with Crippen molar-refractivity contribution in [1.82, 2.24) is 0 Å². The zero-order chi connectivity index (χ0) is 18.8. The number of aryl methyl sites for hydroxylation is 1. The van der Waals surface area contributed by atoms with Gasteiger partial charge in [0.05, 0.1) is 27.6 Å². The van der Waals surface area contributed by atoms with E-state index >= 15 is 0 Å². The lowest BCUT2D eigenvalue weighted by Crippen LogP contribution is -2.21. The maximum atomic E-state index is 12.8. The minimum atomic E-state index is -1.16. The van der Waals surface area contributed by atoms with E-state index in [2.05, 4.69) is 12.0 Å². The highest BCUT2D eigenvalue weighted by Crippen LogP contribution is 2.28. The Labute approximate surface area is 156 Å². The molecule has 1 N–H and O–H groups in total. The van der Waals surface area contributed by atoms with Crippen LogP contribution in [0.4, 0.5) is 5.69 Å². The second-order valence-corrected chi connectivity index (χ2v) is 6.33. The zero-order valence-electron chi connectivity index (χ0n) is 14.4. The van der Waals surface area contributed by atoms with Gasteiger partial charge < -0.3 is 5.11 Å². The molecule has 0 unspecified atom stereocenters. The number of hydrogen-bond donors (Lipinski definition) is 1. The number of aromatic carboxylic acids is 1. The number of carboxylic acid groups (broad SMARTS) is 1. The van der Waals surface area contributed by atoms with Gasteiger partial charge in [0.1, 0.15) is 0 Å². The summed E-state index contributed by atoms with van der Waals surface area (Å²) in [6, 6.07) is 12.3. The predicted molar refractivity (Wildman–Crippen MR) is 103 cm³/mol. The van der Waals surface area contributed by atoms with Crippen molar-refractivity contribution >= 4 is 41.0 Å². The number of nitrogens with zero attached hydrogens (tertiary/aromatic N) is 2. The molecule has 5 nitrogen and oxygen atoms in total. The number of halogens is 1. The predicted octanol–water partition coefficient (Wildman–Crippen LogP) is 4.41. The van der Waals surface area contributed by atoms with Crippen molar-refractivity contribution in [3.05, 3.63) is 69.8 Å². The maximum absolute atomic E-state index is 12.8. The number of amides is 1. The number of carboxylic acids is 1. The first-order valence-corrected chi connectivity index (χ1v) is 8.52. The van der Waals surface area contributed by atoms with E-state index in [0.29, 0.717) is 17.0 Å². The molecule has 2 aromatic carbocycles. The highest BCUT2D eigenvalue weighted by atomic mass is 35.5. The second kappa shape index (κ2) is 7.14. The van der Waals surface area contributed by atoms with Crippen LogP contribution in [0.2, 0.25) is 5.02 Å². The lowest BCUT2D eigenvalue weighted by molar-refractivity contribution is -0.114. The van der Waals surface area contributed by atoms with E-state index in [-0.39, 0.29) is 16.5 Å². The van der Waals surface area contributed by atoms with Crippen LogP contribution in [0.3, 0.4) is 0 Å². The quantitative estimate of drug-likeness (QED) is 0.813. The van der Waals surface area contributed by atoms with Crippen LogP contribution in [-0.4, -0.2) is 22.7 Å². The SMILES string of the molecule is CCc1ccc(C=C2C(=O)N(c3ccc(Cl)c(C(=O)O)c3)N=C2C)cc1. The summed E-state index contributed by atoms with van der Waals surface area (Å²) in [5.74, 6) is -1.46. The van der Waals surface area contributed by atoms with Gasteiger partial charge in [-0.3, -0.25) is 4.79 Å². The average molecular weight is 369 g/mol. The molecule has 0 saturated heterocycles. The molecule has 0 spiro atoms. The third kappa shape index (κ3) is 3.39. The van der Waals surface area contributed by atoms with Crippen LogP contribution in [-0.2, 0) is 11.2 Å². The van der Waals surface area contributed by atoms with E-state index in [4.69, 9.17) is 11.6 Å². The third-order valence-electron chi connectivity index (χ3n) is 4.19. The van der Waals surface area contributed by atoms with Crippen LogP contribution < -0.4 is 5.01 Å². The molecule has 0 aliphatic carbocycles. The minimum Gasteiger partial charge on any atom is -0.478 e. The van der Waals surface area contributed by atoms with Gasteiger partial charge in [0.2, 0.25) is 0 Å². The molecule has 0 radical (unpaired) electrons. The number of anilines is 1. The summed E-state index contributed by atoms with van der Waals surface area (Å²) in [7, 11) is 0. The van der Waals surface area contributed by atoms with Crippen LogP contribution >= 0.6 is 11.6 Å². The number of carbonyl (C=O) groups excluding carboxylic acids is 1. The van der Waals surface area contributed by atoms with Crippen LogP contribution in [0.5, 0.6) is 0 Å². The Hall–Kier alpha value is -2.92. The molecule has 1 heterocycles. The van der Waals surface area contributed by atoms with Gasteiger partial charge in [-0.1, -0.05) is 42.8 Å². The summed E-state index contributed by atoms with van der Waals surface area (Å²) < 4.78 is 0. The summed E-state index contributed by atoms with van der Waals surface area (Å²) in [5, 5.41) is 14.8. The zero-order valence-corrected chi connectivity index (χ0v) is 15.1. The molecule has 2 aromatic rings. The van der Waals surface area contributed by atoms with Crippen molar-refractivity contribution in [2.45, 2.75) is 20.3 Å². The molecule has 0 saturated carbocycles. The summed E-state index contributed by atoms with van der Waals surface area (Å²) in [4.78, 5) is 24.0. The number of hydrazone groups is 1. The molecule has 0 bridgehead atoms. The second-order valence-electron chi connectivity index (χ2n) is 5.92. The lowest BCUT2D eigenvalue weighted by atomic mass is 10.0. The maximum Gasteiger partial charge on any atom is 0.337 e. The number of rotatable bonds is 4. The topological polar surface area (TPSA) is 70.0 Å². The van der Waals surface area contributed by atoms with Crippen LogP contribution in [0.25, 0.3) is 6.08 Å². The Morgan fingerprint density at radius 1 is 1.23 bits per heavy atom. The Kier molecular flexibility index (Phi) is 4.91. The van der Waals surface area contributed by atoms with E-state index in [9.17, 15) is 14.7 Å². The summed E-state index contributed by atoms with van der Waals surface area (Å²) in [6.07, 6.45) is 2.74. The van der Waals surface area contributed by atoms with Crippen molar-refractivity contribution in [3.8, 4) is 0 Å². The largest absolute Gasteiger partial charge is 0.478 e. The molecular weight excluding hydrogens is 352 g/mol. The molecule has 0 fully saturated rings. The molecule has 6 heteroatoms. The smallest absolute Gasteiger partial charge is 0.337 e. The van der Waals surface area contributed by atoms with Crippen molar-refractivity contribution in [3.63, 3.8) is 0 Å². The number of hydrogen-bond acceptors (Lipinski definition) is 3. The van der Waals surface area contributed by atoms with Crippen LogP contribution in [0.15, 0.2) is 53.1 Å². The van der Waals surface area contributed by atoms with E-state index in [1.54, 1.807) is 19.1 Å². The Morgan fingerprint density at radius 2 is 1.92 bits per heavy atom. The molecule has 1 aliphatic heterocycles. The van der Waals surface area contributed by atoms with Crippen LogP contribution in [0.1, 0.15) is 35.3 Å². The molecule has 0 atom stereocenters.